The highest BCUT2D eigenvalue weighted by atomic mass is 16.5. The van der Waals surface area contributed by atoms with E-state index in [-0.39, 0.29) is 5.60 Å². The van der Waals surface area contributed by atoms with Crippen molar-refractivity contribution in [1.29, 1.82) is 0 Å². The first kappa shape index (κ1) is 16.9. The Morgan fingerprint density at radius 3 is 1.79 bits per heavy atom. The zero-order valence-electron chi connectivity index (χ0n) is 13.4. The van der Waals surface area contributed by atoms with Crippen LogP contribution in [-0.4, -0.2) is 74.0 Å². The van der Waals surface area contributed by atoms with Crippen molar-refractivity contribution in [3.8, 4) is 0 Å². The van der Waals surface area contributed by atoms with Crippen LogP contribution in [0, 0.1) is 0 Å². The van der Waals surface area contributed by atoms with E-state index in [0.29, 0.717) is 6.10 Å². The largest absolute Gasteiger partial charge is 0.377 e. The quantitative estimate of drug-likeness (QED) is 0.706. The molecule has 0 saturated carbocycles. The lowest BCUT2D eigenvalue weighted by Crippen LogP contribution is -2.48. The highest BCUT2D eigenvalue weighted by molar-refractivity contribution is 4.72. The van der Waals surface area contributed by atoms with Crippen molar-refractivity contribution in [3.05, 3.63) is 0 Å². The lowest BCUT2D eigenvalue weighted by molar-refractivity contribution is -0.0194. The Kier molecular flexibility index (Phi) is 7.29. The highest BCUT2D eigenvalue weighted by Crippen LogP contribution is 2.07. The van der Waals surface area contributed by atoms with Gasteiger partial charge in [-0.15, -0.1) is 0 Å². The number of hydrogen-bond donors (Lipinski definition) is 0. The first-order valence-corrected chi connectivity index (χ1v) is 7.57. The lowest BCUT2D eigenvalue weighted by Gasteiger charge is -2.35. The van der Waals surface area contributed by atoms with Gasteiger partial charge in [-0.3, -0.25) is 9.80 Å². The molecule has 4 nitrogen and oxygen atoms in total. The van der Waals surface area contributed by atoms with Crippen molar-refractivity contribution in [2.24, 2.45) is 0 Å². The topological polar surface area (TPSA) is 24.9 Å². The molecule has 0 bridgehead atoms. The van der Waals surface area contributed by atoms with Gasteiger partial charge in [0.2, 0.25) is 0 Å². The van der Waals surface area contributed by atoms with Gasteiger partial charge in [0, 0.05) is 39.3 Å². The molecule has 1 fully saturated rings. The van der Waals surface area contributed by atoms with Crippen molar-refractivity contribution >= 4 is 0 Å². The van der Waals surface area contributed by atoms with Crippen LogP contribution in [0.25, 0.3) is 0 Å². The summed E-state index contributed by atoms with van der Waals surface area (Å²) in [4.78, 5) is 4.98. The van der Waals surface area contributed by atoms with Crippen LogP contribution in [0.3, 0.4) is 0 Å². The molecule has 0 N–H and O–H groups in total. The maximum Gasteiger partial charge on any atom is 0.0600 e. The van der Waals surface area contributed by atoms with E-state index in [4.69, 9.17) is 9.47 Å². The van der Waals surface area contributed by atoms with Gasteiger partial charge < -0.3 is 9.47 Å². The molecule has 114 valence electrons. The molecule has 0 aromatic heterocycles. The van der Waals surface area contributed by atoms with Gasteiger partial charge in [0.1, 0.15) is 0 Å². The third-order valence-electron chi connectivity index (χ3n) is 3.27. The SMILES string of the molecule is CC(C)OCCN1CCN(CCOC(C)(C)C)CC1. The summed E-state index contributed by atoms with van der Waals surface area (Å²) in [5.74, 6) is 0. The van der Waals surface area contributed by atoms with Crippen LogP contribution < -0.4 is 0 Å². The molecule has 0 aromatic carbocycles. The third-order valence-corrected chi connectivity index (χ3v) is 3.27. The average molecular weight is 272 g/mol. The molecule has 0 spiro atoms. The third kappa shape index (κ3) is 8.58. The molecule has 19 heavy (non-hydrogen) atoms. The van der Waals surface area contributed by atoms with Gasteiger partial charge in [-0.2, -0.15) is 0 Å². The molecule has 1 aliphatic rings. The second-order valence-corrected chi connectivity index (χ2v) is 6.56. The highest BCUT2D eigenvalue weighted by Gasteiger charge is 2.17. The summed E-state index contributed by atoms with van der Waals surface area (Å²) in [5, 5.41) is 0. The van der Waals surface area contributed by atoms with Gasteiger partial charge in [0.15, 0.2) is 0 Å². The van der Waals surface area contributed by atoms with Gasteiger partial charge >= 0.3 is 0 Å². The van der Waals surface area contributed by atoms with Gasteiger partial charge in [0.25, 0.3) is 0 Å². The van der Waals surface area contributed by atoms with Crippen LogP contribution in [0.5, 0.6) is 0 Å². The number of piperazine rings is 1. The smallest absolute Gasteiger partial charge is 0.0600 e. The fourth-order valence-corrected chi connectivity index (χ4v) is 2.13. The summed E-state index contributed by atoms with van der Waals surface area (Å²) in [5.41, 5.74) is -0.0179. The summed E-state index contributed by atoms with van der Waals surface area (Å²) in [6.07, 6.45) is 0.343. The van der Waals surface area contributed by atoms with E-state index in [1.807, 2.05) is 0 Å². The number of hydrogen-bond acceptors (Lipinski definition) is 4. The molecule has 0 unspecified atom stereocenters. The van der Waals surface area contributed by atoms with Crippen molar-refractivity contribution in [2.45, 2.75) is 46.3 Å². The Labute approximate surface area is 119 Å². The van der Waals surface area contributed by atoms with E-state index in [9.17, 15) is 0 Å². The number of nitrogens with zero attached hydrogens (tertiary/aromatic N) is 2. The maximum atomic E-state index is 5.77. The van der Waals surface area contributed by atoms with E-state index in [2.05, 4.69) is 44.4 Å². The van der Waals surface area contributed by atoms with Crippen LogP contribution in [0.4, 0.5) is 0 Å². The summed E-state index contributed by atoms with van der Waals surface area (Å²) < 4.78 is 11.4. The first-order valence-electron chi connectivity index (χ1n) is 7.57. The molecule has 0 aliphatic carbocycles. The molecule has 0 radical (unpaired) electrons. The zero-order chi connectivity index (χ0) is 14.3. The molecular weight excluding hydrogens is 240 g/mol. The van der Waals surface area contributed by atoms with Gasteiger partial charge in [-0.05, 0) is 34.6 Å². The Morgan fingerprint density at radius 1 is 0.895 bits per heavy atom. The van der Waals surface area contributed by atoms with Crippen LogP contribution >= 0.6 is 0 Å². The zero-order valence-corrected chi connectivity index (χ0v) is 13.4. The minimum atomic E-state index is -0.0179. The molecule has 4 heteroatoms. The van der Waals surface area contributed by atoms with E-state index >= 15 is 0 Å². The molecule has 1 aliphatic heterocycles. The Morgan fingerprint density at radius 2 is 1.37 bits per heavy atom. The molecule has 0 aromatic rings. The summed E-state index contributed by atoms with van der Waals surface area (Å²) >= 11 is 0. The van der Waals surface area contributed by atoms with Crippen LogP contribution in [0.15, 0.2) is 0 Å². The molecule has 0 amide bonds. The average Bonchev–Trinajstić information content (AvgIpc) is 2.29. The van der Waals surface area contributed by atoms with Crippen molar-refractivity contribution < 1.29 is 9.47 Å². The fourth-order valence-electron chi connectivity index (χ4n) is 2.13. The monoisotopic (exact) mass is 272 g/mol. The van der Waals surface area contributed by atoms with Crippen LogP contribution in [0.2, 0.25) is 0 Å². The molecule has 1 rings (SSSR count). The van der Waals surface area contributed by atoms with E-state index in [1.54, 1.807) is 0 Å². The molecule has 1 heterocycles. The molecular formula is C15H32N2O2. The van der Waals surface area contributed by atoms with Gasteiger partial charge in [-0.1, -0.05) is 0 Å². The molecule has 1 saturated heterocycles. The van der Waals surface area contributed by atoms with E-state index in [1.165, 1.54) is 0 Å². The van der Waals surface area contributed by atoms with Crippen molar-refractivity contribution in [2.75, 3.05) is 52.5 Å². The molecule has 0 atom stereocenters. The maximum absolute atomic E-state index is 5.77. The minimum Gasteiger partial charge on any atom is -0.377 e. The second-order valence-electron chi connectivity index (χ2n) is 6.56. The second kappa shape index (κ2) is 8.20. The Balaban J connectivity index is 2.05. The summed E-state index contributed by atoms with van der Waals surface area (Å²) in [7, 11) is 0. The van der Waals surface area contributed by atoms with Gasteiger partial charge in [0.05, 0.1) is 24.9 Å². The normalized spacial score (nSPS) is 19.3. The van der Waals surface area contributed by atoms with Crippen molar-refractivity contribution in [3.63, 3.8) is 0 Å². The Bertz CT molecular complexity index is 231. The van der Waals surface area contributed by atoms with Crippen LogP contribution in [0.1, 0.15) is 34.6 Å². The van der Waals surface area contributed by atoms with E-state index in [0.717, 1.165) is 52.5 Å². The van der Waals surface area contributed by atoms with Gasteiger partial charge in [-0.25, -0.2) is 0 Å². The summed E-state index contributed by atoms with van der Waals surface area (Å²) in [6.45, 7) is 18.9. The standard InChI is InChI=1S/C15H32N2O2/c1-14(2)18-12-10-16-6-8-17(9-7-16)11-13-19-15(3,4)5/h14H,6-13H2,1-5H3. The number of rotatable bonds is 7. The first-order chi connectivity index (χ1) is 8.87. The predicted molar refractivity (Wildman–Crippen MR) is 79.7 cm³/mol. The number of ether oxygens (including phenoxy) is 2. The fraction of sp³-hybridized carbons (Fsp3) is 1.00. The van der Waals surface area contributed by atoms with Crippen molar-refractivity contribution in [1.82, 2.24) is 9.80 Å². The van der Waals surface area contributed by atoms with Crippen LogP contribution in [-0.2, 0) is 9.47 Å². The minimum absolute atomic E-state index is 0.0179. The predicted octanol–water partition coefficient (Wildman–Crippen LogP) is 1.84. The summed E-state index contributed by atoms with van der Waals surface area (Å²) in [6, 6.07) is 0. The lowest BCUT2D eigenvalue weighted by atomic mass is 10.2. The Hall–Kier alpha value is -0.160. The van der Waals surface area contributed by atoms with E-state index < -0.39 is 0 Å².